The van der Waals surface area contributed by atoms with Crippen LogP contribution in [-0.4, -0.2) is 43.6 Å². The van der Waals surface area contributed by atoms with E-state index >= 15 is 0 Å². The fourth-order valence-electron chi connectivity index (χ4n) is 3.46. The van der Waals surface area contributed by atoms with Crippen LogP contribution in [-0.2, 0) is 4.79 Å². The molecule has 0 atom stereocenters. The van der Waals surface area contributed by atoms with Crippen molar-refractivity contribution in [2.24, 2.45) is 0 Å². The van der Waals surface area contributed by atoms with Gasteiger partial charge in [-0.1, -0.05) is 60.1 Å². The maximum atomic E-state index is 12.6. The third-order valence-corrected chi connectivity index (χ3v) is 5.25. The lowest BCUT2D eigenvalue weighted by Crippen LogP contribution is -2.50. The number of fused-ring (bicyclic) bond motifs is 1. The van der Waals surface area contributed by atoms with Crippen molar-refractivity contribution in [2.45, 2.75) is 0 Å². The molecule has 138 valence electrons. The fourth-order valence-corrected chi connectivity index (χ4v) is 3.71. The average Bonchev–Trinajstić information content (AvgIpc) is 2.72. The highest BCUT2D eigenvalue weighted by atomic mass is 35.5. The van der Waals surface area contributed by atoms with Gasteiger partial charge in [0.2, 0.25) is 0 Å². The van der Waals surface area contributed by atoms with E-state index in [0.29, 0.717) is 13.1 Å². The van der Waals surface area contributed by atoms with Gasteiger partial charge in [-0.2, -0.15) is 0 Å². The van der Waals surface area contributed by atoms with E-state index in [0.717, 1.165) is 40.3 Å². The fraction of sp³-hybridized carbons (Fsp3) is 0.227. The minimum Gasteiger partial charge on any atom is -0.483 e. The van der Waals surface area contributed by atoms with Crippen LogP contribution in [0.2, 0.25) is 5.02 Å². The van der Waals surface area contributed by atoms with Crippen LogP contribution in [0.5, 0.6) is 5.75 Å². The number of carbonyl (C=O) groups is 1. The summed E-state index contributed by atoms with van der Waals surface area (Å²) in [5.41, 5.74) is 1.03. The Kier molecular flexibility index (Phi) is 5.16. The Hall–Kier alpha value is -2.72. The van der Waals surface area contributed by atoms with Crippen LogP contribution in [0, 0.1) is 0 Å². The Labute approximate surface area is 163 Å². The predicted molar refractivity (Wildman–Crippen MR) is 110 cm³/mol. The Morgan fingerprint density at radius 1 is 0.889 bits per heavy atom. The quantitative estimate of drug-likeness (QED) is 0.679. The Morgan fingerprint density at radius 3 is 2.41 bits per heavy atom. The molecule has 0 bridgehead atoms. The van der Waals surface area contributed by atoms with E-state index in [-0.39, 0.29) is 12.5 Å². The summed E-state index contributed by atoms with van der Waals surface area (Å²) in [6.07, 6.45) is 0. The molecule has 1 heterocycles. The second kappa shape index (κ2) is 7.89. The second-order valence-electron chi connectivity index (χ2n) is 6.59. The molecule has 0 aromatic heterocycles. The molecular weight excluding hydrogens is 360 g/mol. The third-order valence-electron chi connectivity index (χ3n) is 4.93. The first kappa shape index (κ1) is 17.7. The summed E-state index contributed by atoms with van der Waals surface area (Å²) in [5, 5.41) is 2.88. The molecule has 4 rings (SSSR count). The van der Waals surface area contributed by atoms with E-state index in [4.69, 9.17) is 16.3 Å². The molecule has 4 nitrogen and oxygen atoms in total. The number of hydrogen-bond acceptors (Lipinski definition) is 3. The maximum absolute atomic E-state index is 12.6. The molecule has 1 aliphatic heterocycles. The lowest BCUT2D eigenvalue weighted by molar-refractivity contribution is -0.133. The van der Waals surface area contributed by atoms with E-state index in [1.807, 2.05) is 71.6 Å². The van der Waals surface area contributed by atoms with E-state index in [2.05, 4.69) is 4.90 Å². The first-order valence-electron chi connectivity index (χ1n) is 9.10. The molecule has 0 spiro atoms. The van der Waals surface area contributed by atoms with Gasteiger partial charge in [-0.25, -0.2) is 0 Å². The highest BCUT2D eigenvalue weighted by Crippen LogP contribution is 2.27. The van der Waals surface area contributed by atoms with Crippen LogP contribution in [0.1, 0.15) is 0 Å². The molecule has 0 N–H and O–H groups in total. The summed E-state index contributed by atoms with van der Waals surface area (Å²) in [6.45, 7) is 2.93. The van der Waals surface area contributed by atoms with Crippen molar-refractivity contribution in [3.8, 4) is 5.75 Å². The molecule has 1 amide bonds. The highest BCUT2D eigenvalue weighted by Gasteiger charge is 2.22. The molecule has 0 saturated carbocycles. The number of nitrogens with zero attached hydrogens (tertiary/aromatic N) is 2. The van der Waals surface area contributed by atoms with Gasteiger partial charge in [-0.15, -0.1) is 0 Å². The number of amides is 1. The van der Waals surface area contributed by atoms with Gasteiger partial charge in [0.05, 0.1) is 10.7 Å². The van der Waals surface area contributed by atoms with Crippen LogP contribution in [0.25, 0.3) is 10.8 Å². The summed E-state index contributed by atoms with van der Waals surface area (Å²) in [7, 11) is 0. The zero-order valence-corrected chi connectivity index (χ0v) is 15.7. The van der Waals surface area contributed by atoms with Gasteiger partial charge in [0.15, 0.2) is 6.61 Å². The highest BCUT2D eigenvalue weighted by molar-refractivity contribution is 6.33. The summed E-state index contributed by atoms with van der Waals surface area (Å²) >= 11 is 6.28. The molecule has 0 radical (unpaired) electrons. The normalized spacial score (nSPS) is 14.4. The van der Waals surface area contributed by atoms with Gasteiger partial charge in [0, 0.05) is 31.6 Å². The van der Waals surface area contributed by atoms with E-state index in [1.165, 1.54) is 0 Å². The smallest absolute Gasteiger partial charge is 0.260 e. The van der Waals surface area contributed by atoms with E-state index in [1.54, 1.807) is 0 Å². The second-order valence-corrected chi connectivity index (χ2v) is 6.99. The van der Waals surface area contributed by atoms with Gasteiger partial charge in [0.25, 0.3) is 5.91 Å². The average molecular weight is 381 g/mol. The maximum Gasteiger partial charge on any atom is 0.260 e. The van der Waals surface area contributed by atoms with Crippen LogP contribution >= 0.6 is 11.6 Å². The monoisotopic (exact) mass is 380 g/mol. The number of rotatable bonds is 4. The topological polar surface area (TPSA) is 32.8 Å². The van der Waals surface area contributed by atoms with Gasteiger partial charge >= 0.3 is 0 Å². The molecule has 3 aromatic carbocycles. The van der Waals surface area contributed by atoms with Crippen LogP contribution in [0.4, 0.5) is 5.69 Å². The van der Waals surface area contributed by atoms with Gasteiger partial charge in [-0.05, 0) is 23.6 Å². The van der Waals surface area contributed by atoms with Crippen LogP contribution < -0.4 is 9.64 Å². The van der Waals surface area contributed by atoms with Gasteiger partial charge in [0.1, 0.15) is 5.75 Å². The lowest BCUT2D eigenvalue weighted by atomic mass is 10.1. The number of para-hydroxylation sites is 1. The Morgan fingerprint density at radius 2 is 1.59 bits per heavy atom. The Bertz CT molecular complexity index is 946. The molecule has 0 aliphatic carbocycles. The van der Waals surface area contributed by atoms with Crippen molar-refractivity contribution in [2.75, 3.05) is 37.7 Å². The van der Waals surface area contributed by atoms with Crippen LogP contribution in [0.15, 0.2) is 66.7 Å². The summed E-state index contributed by atoms with van der Waals surface area (Å²) < 4.78 is 5.84. The number of hydrogen-bond donors (Lipinski definition) is 0. The Balaban J connectivity index is 1.35. The molecule has 3 aromatic rings. The minimum atomic E-state index is 0.0155. The van der Waals surface area contributed by atoms with Crippen LogP contribution in [0.3, 0.4) is 0 Å². The minimum absolute atomic E-state index is 0.0155. The van der Waals surface area contributed by atoms with E-state index in [9.17, 15) is 4.79 Å². The number of anilines is 1. The summed E-state index contributed by atoms with van der Waals surface area (Å²) in [6, 6.07) is 21.7. The SMILES string of the molecule is O=C(COc1cccc2ccccc12)N1CCN(c2ccccc2Cl)CC1. The lowest BCUT2D eigenvalue weighted by Gasteiger charge is -2.36. The number of halogens is 1. The number of carbonyl (C=O) groups excluding carboxylic acids is 1. The first-order valence-corrected chi connectivity index (χ1v) is 9.48. The first-order chi connectivity index (χ1) is 13.2. The van der Waals surface area contributed by atoms with Crippen molar-refractivity contribution in [1.29, 1.82) is 0 Å². The summed E-state index contributed by atoms with van der Waals surface area (Å²) in [5.74, 6) is 0.762. The largest absolute Gasteiger partial charge is 0.483 e. The molecule has 1 fully saturated rings. The number of piperazine rings is 1. The van der Waals surface area contributed by atoms with Crippen molar-refractivity contribution in [1.82, 2.24) is 4.90 Å². The van der Waals surface area contributed by atoms with Crippen molar-refractivity contribution in [3.63, 3.8) is 0 Å². The standard InChI is InChI=1S/C22H21ClN2O2/c23-19-9-3-4-10-20(19)24-12-14-25(15-13-24)22(26)16-27-21-11-5-7-17-6-1-2-8-18(17)21/h1-11H,12-16H2. The predicted octanol–water partition coefficient (Wildman–Crippen LogP) is 4.22. The zero-order valence-electron chi connectivity index (χ0n) is 15.0. The molecule has 1 aliphatic rings. The molecule has 5 heteroatoms. The van der Waals surface area contributed by atoms with Crippen molar-refractivity contribution in [3.05, 3.63) is 71.8 Å². The number of benzene rings is 3. The molecule has 27 heavy (non-hydrogen) atoms. The molecular formula is C22H21ClN2O2. The van der Waals surface area contributed by atoms with Crippen molar-refractivity contribution >= 4 is 34.0 Å². The van der Waals surface area contributed by atoms with Crippen molar-refractivity contribution < 1.29 is 9.53 Å². The third kappa shape index (κ3) is 3.86. The zero-order chi connectivity index (χ0) is 18.6. The van der Waals surface area contributed by atoms with E-state index < -0.39 is 0 Å². The van der Waals surface area contributed by atoms with Gasteiger partial charge in [-0.3, -0.25) is 4.79 Å². The molecule has 1 saturated heterocycles. The van der Waals surface area contributed by atoms with Gasteiger partial charge < -0.3 is 14.5 Å². The number of ether oxygens (including phenoxy) is 1. The molecule has 0 unspecified atom stereocenters. The summed E-state index contributed by atoms with van der Waals surface area (Å²) in [4.78, 5) is 16.7.